The predicted octanol–water partition coefficient (Wildman–Crippen LogP) is 4.09. The van der Waals surface area contributed by atoms with Crippen LogP contribution < -0.4 is 0 Å². The van der Waals surface area contributed by atoms with Crippen molar-refractivity contribution in [3.8, 4) is 0 Å². The van der Waals surface area contributed by atoms with E-state index in [1.807, 2.05) is 0 Å². The van der Waals surface area contributed by atoms with E-state index in [4.69, 9.17) is 4.74 Å². The highest BCUT2D eigenvalue weighted by Gasteiger charge is 2.57. The van der Waals surface area contributed by atoms with Crippen LogP contribution in [0.1, 0.15) is 37.2 Å². The van der Waals surface area contributed by atoms with Gasteiger partial charge < -0.3 is 4.74 Å². The Labute approximate surface area is 146 Å². The number of ether oxygens (including phenoxy) is 1. The zero-order valence-corrected chi connectivity index (χ0v) is 14.1. The number of carbonyl (C=O) groups excluding carboxylic acids is 2. The molecule has 128 valence electrons. The normalized spacial score (nSPS) is 30.9. The number of carbonyl (C=O) groups is 2. The lowest BCUT2D eigenvalue weighted by Gasteiger charge is -2.31. The van der Waals surface area contributed by atoms with Crippen LogP contribution in [0.5, 0.6) is 0 Å². The molecule has 0 spiro atoms. The van der Waals surface area contributed by atoms with E-state index in [9.17, 15) is 9.59 Å². The molecular weight excluding hydrogens is 314 g/mol. The molecule has 5 rings (SSSR count). The molecular formula is C21H21NO3. The maximum absolute atomic E-state index is 13.1. The summed E-state index contributed by atoms with van der Waals surface area (Å²) in [5.74, 6) is 0.963. The van der Waals surface area contributed by atoms with Crippen molar-refractivity contribution in [3.63, 3.8) is 0 Å². The number of rotatable bonds is 2. The van der Waals surface area contributed by atoms with Gasteiger partial charge in [-0.1, -0.05) is 42.5 Å². The number of hydrogen-bond donors (Lipinski definition) is 0. The summed E-state index contributed by atoms with van der Waals surface area (Å²) < 4.78 is 4.98. The van der Waals surface area contributed by atoms with Gasteiger partial charge >= 0.3 is 6.09 Å². The highest BCUT2D eigenvalue weighted by atomic mass is 16.6. The van der Waals surface area contributed by atoms with Gasteiger partial charge in [0.1, 0.15) is 6.61 Å². The summed E-state index contributed by atoms with van der Waals surface area (Å²) in [5.41, 5.74) is 0.978. The quantitative estimate of drug-likeness (QED) is 0.830. The molecule has 1 heterocycles. The van der Waals surface area contributed by atoms with E-state index in [0.717, 1.165) is 25.7 Å². The van der Waals surface area contributed by atoms with Crippen LogP contribution in [-0.2, 0) is 9.53 Å². The van der Waals surface area contributed by atoms with E-state index in [1.54, 1.807) is 0 Å². The minimum Gasteiger partial charge on any atom is -0.447 e. The molecule has 1 unspecified atom stereocenters. The predicted molar refractivity (Wildman–Crippen MR) is 94.1 cm³/mol. The Morgan fingerprint density at radius 1 is 1.12 bits per heavy atom. The first-order chi connectivity index (χ1) is 12.2. The number of fused-ring (bicyclic) bond motifs is 3. The van der Waals surface area contributed by atoms with Gasteiger partial charge in [0.25, 0.3) is 0 Å². The van der Waals surface area contributed by atoms with Crippen LogP contribution in [0.15, 0.2) is 42.5 Å². The van der Waals surface area contributed by atoms with Crippen LogP contribution in [-0.4, -0.2) is 30.1 Å². The van der Waals surface area contributed by atoms with Gasteiger partial charge in [-0.25, -0.2) is 9.69 Å². The Morgan fingerprint density at radius 2 is 1.96 bits per heavy atom. The molecule has 0 aromatic heterocycles. The van der Waals surface area contributed by atoms with E-state index >= 15 is 0 Å². The molecule has 25 heavy (non-hydrogen) atoms. The van der Waals surface area contributed by atoms with Crippen LogP contribution in [0.25, 0.3) is 10.8 Å². The third kappa shape index (κ3) is 2.20. The molecule has 2 aromatic rings. The fourth-order valence-electron chi connectivity index (χ4n) is 5.26. The maximum atomic E-state index is 13.1. The summed E-state index contributed by atoms with van der Waals surface area (Å²) in [6.45, 7) is 0.739. The number of hydrogen-bond acceptors (Lipinski definition) is 3. The minimum absolute atomic E-state index is 0.000731. The van der Waals surface area contributed by atoms with E-state index < -0.39 is 6.09 Å². The largest absolute Gasteiger partial charge is 0.447 e. The van der Waals surface area contributed by atoms with Gasteiger partial charge in [-0.3, -0.25) is 4.79 Å². The molecule has 3 atom stereocenters. The Hall–Kier alpha value is -2.36. The highest BCUT2D eigenvalue weighted by Crippen LogP contribution is 2.61. The van der Waals surface area contributed by atoms with Crippen LogP contribution in [0.3, 0.4) is 0 Å². The summed E-state index contributed by atoms with van der Waals surface area (Å²) in [5, 5.41) is 2.51. The van der Waals surface area contributed by atoms with Crippen LogP contribution in [0, 0.1) is 11.3 Å². The van der Waals surface area contributed by atoms with Crippen molar-refractivity contribution in [1.82, 2.24) is 4.90 Å². The average molecular weight is 335 g/mol. The van der Waals surface area contributed by atoms with Gasteiger partial charge in [0.15, 0.2) is 0 Å². The van der Waals surface area contributed by atoms with E-state index in [2.05, 4.69) is 42.5 Å². The number of nitrogens with zero attached hydrogens (tertiary/aromatic N) is 1. The maximum Gasteiger partial charge on any atom is 0.416 e. The van der Waals surface area contributed by atoms with Gasteiger partial charge in [-0.05, 0) is 53.9 Å². The molecule has 2 bridgehead atoms. The zero-order valence-electron chi connectivity index (χ0n) is 14.1. The number of imide groups is 1. The Balaban J connectivity index is 1.45. The monoisotopic (exact) mass is 335 g/mol. The molecule has 1 saturated heterocycles. The Morgan fingerprint density at radius 3 is 2.76 bits per heavy atom. The third-order valence-electron chi connectivity index (χ3n) is 6.49. The van der Waals surface area contributed by atoms with Gasteiger partial charge in [-0.2, -0.15) is 0 Å². The van der Waals surface area contributed by atoms with Crippen LogP contribution >= 0.6 is 0 Å². The molecule has 0 N–H and O–H groups in total. The van der Waals surface area contributed by atoms with E-state index in [1.165, 1.54) is 21.2 Å². The molecule has 2 amide bonds. The third-order valence-corrected chi connectivity index (χ3v) is 6.49. The zero-order chi connectivity index (χ0) is 17.0. The molecule has 2 saturated carbocycles. The lowest BCUT2D eigenvalue weighted by atomic mass is 9.76. The SMILES string of the molecule is O=C1OCCN1C(=O)[C@@]12CC[C@H](C1)C(c1ccc3ccccc3c1)C2. The van der Waals surface area contributed by atoms with Crippen molar-refractivity contribution in [1.29, 1.82) is 0 Å². The molecule has 4 nitrogen and oxygen atoms in total. The molecule has 0 radical (unpaired) electrons. The van der Waals surface area contributed by atoms with Gasteiger partial charge in [0, 0.05) is 0 Å². The second kappa shape index (κ2) is 5.32. The first-order valence-corrected chi connectivity index (χ1v) is 9.14. The highest BCUT2D eigenvalue weighted by molar-refractivity contribution is 5.96. The molecule has 3 aliphatic rings. The summed E-state index contributed by atoms with van der Waals surface area (Å²) in [6, 6.07) is 15.1. The molecule has 3 fully saturated rings. The minimum atomic E-state index is -0.461. The first-order valence-electron chi connectivity index (χ1n) is 9.14. The average Bonchev–Trinajstić information content (AvgIpc) is 3.35. The van der Waals surface area contributed by atoms with Crippen LogP contribution in [0.2, 0.25) is 0 Å². The summed E-state index contributed by atoms with van der Waals surface area (Å²) in [6.07, 6.45) is 3.29. The topological polar surface area (TPSA) is 46.6 Å². The van der Waals surface area contributed by atoms with Crippen molar-refractivity contribution in [2.45, 2.75) is 31.6 Å². The number of cyclic esters (lactones) is 1. The van der Waals surface area contributed by atoms with Gasteiger partial charge in [0.2, 0.25) is 5.91 Å². The van der Waals surface area contributed by atoms with Crippen LogP contribution in [0.4, 0.5) is 4.79 Å². The van der Waals surface area contributed by atoms with Crippen molar-refractivity contribution in [3.05, 3.63) is 48.0 Å². The molecule has 2 aromatic carbocycles. The summed E-state index contributed by atoms with van der Waals surface area (Å²) >= 11 is 0. The Bertz CT molecular complexity index is 876. The van der Waals surface area contributed by atoms with Gasteiger partial charge in [0.05, 0.1) is 12.0 Å². The van der Waals surface area contributed by atoms with Crippen molar-refractivity contribution in [2.75, 3.05) is 13.2 Å². The lowest BCUT2D eigenvalue weighted by Crippen LogP contribution is -2.42. The summed E-state index contributed by atoms with van der Waals surface area (Å²) in [7, 11) is 0. The first kappa shape index (κ1) is 14.9. The lowest BCUT2D eigenvalue weighted by molar-refractivity contribution is -0.138. The molecule has 1 aliphatic heterocycles. The second-order valence-electron chi connectivity index (χ2n) is 7.77. The fourth-order valence-corrected chi connectivity index (χ4v) is 5.26. The van der Waals surface area contributed by atoms with Crippen molar-refractivity contribution >= 4 is 22.8 Å². The van der Waals surface area contributed by atoms with Crippen molar-refractivity contribution in [2.24, 2.45) is 11.3 Å². The Kier molecular flexibility index (Phi) is 3.18. The standard InChI is InChI=1S/C21H21NO3/c23-19(22-9-10-25-20(22)24)21-8-7-17(12-21)18(13-21)16-6-5-14-3-1-2-4-15(14)11-16/h1-6,11,17-18H,7-10,12-13H2/t17-,18?,21+/m1/s1. The number of benzene rings is 2. The van der Waals surface area contributed by atoms with E-state index in [0.29, 0.717) is 25.0 Å². The fraction of sp³-hybridized carbons (Fsp3) is 0.429. The smallest absolute Gasteiger partial charge is 0.416 e. The van der Waals surface area contributed by atoms with E-state index in [-0.39, 0.29) is 11.3 Å². The summed E-state index contributed by atoms with van der Waals surface area (Å²) in [4.78, 5) is 26.2. The van der Waals surface area contributed by atoms with Crippen molar-refractivity contribution < 1.29 is 14.3 Å². The molecule has 2 aliphatic carbocycles. The molecule has 4 heteroatoms. The van der Waals surface area contributed by atoms with Gasteiger partial charge in [-0.15, -0.1) is 0 Å². The number of amides is 2. The second-order valence-corrected chi connectivity index (χ2v) is 7.77.